The van der Waals surface area contributed by atoms with Gasteiger partial charge in [0.25, 0.3) is 0 Å². The van der Waals surface area contributed by atoms with Crippen molar-refractivity contribution in [2.75, 3.05) is 16.9 Å². The second-order valence-corrected chi connectivity index (χ2v) is 7.26. The monoisotopic (exact) mass is 380 g/mol. The Balaban J connectivity index is 1.52. The molecule has 3 aromatic rings. The fourth-order valence-corrected chi connectivity index (χ4v) is 3.32. The summed E-state index contributed by atoms with van der Waals surface area (Å²) in [6, 6.07) is 13.6. The molecule has 1 aromatic heterocycles. The molecule has 0 saturated carbocycles. The molecule has 0 bridgehead atoms. The fourth-order valence-electron chi connectivity index (χ4n) is 2.91. The Bertz CT molecular complexity index is 876. The summed E-state index contributed by atoms with van der Waals surface area (Å²) in [5.74, 6) is 0. The van der Waals surface area contributed by atoms with E-state index in [1.165, 1.54) is 16.0 Å². The average Bonchev–Trinajstić information content (AvgIpc) is 3.17. The highest BCUT2D eigenvalue weighted by molar-refractivity contribution is 7.98. The molecule has 0 atom stereocenters. The van der Waals surface area contributed by atoms with E-state index in [9.17, 15) is 4.79 Å². The van der Waals surface area contributed by atoms with Gasteiger partial charge < -0.3 is 15.6 Å². The smallest absolute Gasteiger partial charge is 0.323 e. The van der Waals surface area contributed by atoms with E-state index in [2.05, 4.69) is 33.6 Å². The first kappa shape index (κ1) is 19.0. The van der Waals surface area contributed by atoms with Crippen LogP contribution in [0.3, 0.4) is 0 Å². The largest absolute Gasteiger partial charge is 0.348 e. The number of anilines is 2. The Kier molecular flexibility index (Phi) is 6.54. The van der Waals surface area contributed by atoms with Gasteiger partial charge in [0.1, 0.15) is 0 Å². The molecule has 2 aromatic carbocycles. The highest BCUT2D eigenvalue weighted by atomic mass is 32.2. The first-order chi connectivity index (χ1) is 13.1. The molecule has 3 N–H and O–H groups in total. The van der Waals surface area contributed by atoms with Crippen LogP contribution < -0.4 is 10.6 Å². The number of aromatic amines is 1. The van der Waals surface area contributed by atoms with Gasteiger partial charge in [-0.3, -0.25) is 0 Å². The predicted octanol–water partition coefficient (Wildman–Crippen LogP) is 5.26. The van der Waals surface area contributed by atoms with Gasteiger partial charge >= 0.3 is 6.03 Å². The maximum absolute atomic E-state index is 12.2. The second-order valence-electron chi connectivity index (χ2n) is 6.38. The van der Waals surface area contributed by atoms with E-state index in [1.807, 2.05) is 48.9 Å². The van der Waals surface area contributed by atoms with Gasteiger partial charge in [0, 0.05) is 28.2 Å². The Morgan fingerprint density at radius 1 is 1.07 bits per heavy atom. The number of hydrogen-bond donors (Lipinski definition) is 3. The van der Waals surface area contributed by atoms with Gasteiger partial charge in [-0.2, -0.15) is 0 Å². The molecule has 6 heteroatoms. The lowest BCUT2D eigenvalue weighted by atomic mass is 10.0. The van der Waals surface area contributed by atoms with Crippen LogP contribution >= 0.6 is 11.8 Å². The minimum Gasteiger partial charge on any atom is -0.348 e. The third-order valence-electron chi connectivity index (χ3n) is 4.40. The van der Waals surface area contributed by atoms with E-state index in [-0.39, 0.29) is 6.03 Å². The van der Waals surface area contributed by atoms with Gasteiger partial charge in [-0.1, -0.05) is 6.07 Å². The lowest BCUT2D eigenvalue weighted by Gasteiger charge is -2.11. The van der Waals surface area contributed by atoms with Crippen LogP contribution in [0.4, 0.5) is 16.2 Å². The van der Waals surface area contributed by atoms with E-state index < -0.39 is 0 Å². The molecule has 5 nitrogen and oxygen atoms in total. The summed E-state index contributed by atoms with van der Waals surface area (Å²) in [5, 5.41) is 5.75. The van der Waals surface area contributed by atoms with E-state index in [4.69, 9.17) is 0 Å². The van der Waals surface area contributed by atoms with Crippen LogP contribution in [0, 0.1) is 6.92 Å². The highest BCUT2D eigenvalue weighted by Gasteiger charge is 2.06. The summed E-state index contributed by atoms with van der Waals surface area (Å²) in [6.07, 6.45) is 8.65. The Morgan fingerprint density at radius 2 is 1.81 bits per heavy atom. The van der Waals surface area contributed by atoms with Gasteiger partial charge in [-0.25, -0.2) is 9.78 Å². The maximum Gasteiger partial charge on any atom is 0.323 e. The van der Waals surface area contributed by atoms with E-state index in [0.717, 1.165) is 36.3 Å². The Labute approximate surface area is 164 Å². The molecule has 0 aliphatic carbocycles. The minimum atomic E-state index is -0.238. The van der Waals surface area contributed by atoms with Crippen molar-refractivity contribution in [3.8, 4) is 0 Å². The van der Waals surface area contributed by atoms with Crippen molar-refractivity contribution in [2.24, 2.45) is 0 Å². The third kappa shape index (κ3) is 5.62. The standard InChI is InChI=1S/C21H24N4OS/c1-15-12-18(7-6-16(15)4-3-5-19-13-22-14-23-19)25-21(26)24-17-8-10-20(27-2)11-9-17/h6-14H,3-5H2,1-2H3,(H,22,23)(H2,24,25,26). The van der Waals surface area contributed by atoms with Crippen molar-refractivity contribution in [3.63, 3.8) is 0 Å². The second kappa shape index (κ2) is 9.28. The lowest BCUT2D eigenvalue weighted by Crippen LogP contribution is -2.19. The summed E-state index contributed by atoms with van der Waals surface area (Å²) in [5.41, 5.74) is 5.21. The van der Waals surface area contributed by atoms with Crippen molar-refractivity contribution in [1.29, 1.82) is 0 Å². The molecule has 1 heterocycles. The minimum absolute atomic E-state index is 0.238. The van der Waals surface area contributed by atoms with Crippen LogP contribution in [0.25, 0.3) is 0 Å². The Hall–Kier alpha value is -2.73. The molecule has 0 aliphatic rings. The number of carbonyl (C=O) groups excluding carboxylic acids is 1. The van der Waals surface area contributed by atoms with Crippen LogP contribution in [-0.2, 0) is 12.8 Å². The van der Waals surface area contributed by atoms with E-state index >= 15 is 0 Å². The number of H-pyrrole nitrogens is 1. The third-order valence-corrected chi connectivity index (χ3v) is 5.14. The predicted molar refractivity (Wildman–Crippen MR) is 113 cm³/mol. The number of imidazole rings is 1. The average molecular weight is 381 g/mol. The van der Waals surface area contributed by atoms with Crippen molar-refractivity contribution in [3.05, 3.63) is 71.8 Å². The van der Waals surface area contributed by atoms with E-state index in [0.29, 0.717) is 0 Å². The zero-order valence-corrected chi connectivity index (χ0v) is 16.4. The molecule has 0 fully saturated rings. The summed E-state index contributed by atoms with van der Waals surface area (Å²) in [6.45, 7) is 2.08. The number of benzene rings is 2. The maximum atomic E-state index is 12.2. The molecule has 140 valence electrons. The van der Waals surface area contributed by atoms with Crippen molar-refractivity contribution in [2.45, 2.75) is 31.1 Å². The topological polar surface area (TPSA) is 69.8 Å². The normalized spacial score (nSPS) is 10.6. The van der Waals surface area contributed by atoms with Crippen LogP contribution in [0.2, 0.25) is 0 Å². The molecule has 0 radical (unpaired) electrons. The van der Waals surface area contributed by atoms with E-state index in [1.54, 1.807) is 18.1 Å². The van der Waals surface area contributed by atoms with Gasteiger partial charge in [0.2, 0.25) is 0 Å². The number of nitrogens with one attached hydrogen (secondary N) is 3. The quantitative estimate of drug-likeness (QED) is 0.490. The summed E-state index contributed by atoms with van der Waals surface area (Å²) in [4.78, 5) is 20.5. The molecule has 0 saturated heterocycles. The molecule has 0 spiro atoms. The van der Waals surface area contributed by atoms with Crippen molar-refractivity contribution < 1.29 is 4.79 Å². The molecular formula is C21H24N4OS. The molecule has 3 rings (SSSR count). The Morgan fingerprint density at radius 3 is 2.48 bits per heavy atom. The number of urea groups is 1. The van der Waals surface area contributed by atoms with Crippen molar-refractivity contribution in [1.82, 2.24) is 9.97 Å². The van der Waals surface area contributed by atoms with Gasteiger partial charge in [0.05, 0.1) is 6.33 Å². The molecule has 27 heavy (non-hydrogen) atoms. The molecule has 0 aliphatic heterocycles. The number of hydrogen-bond acceptors (Lipinski definition) is 3. The zero-order chi connectivity index (χ0) is 19.1. The number of amides is 2. The number of aromatic nitrogens is 2. The molecule has 2 amide bonds. The number of nitrogens with zero attached hydrogens (tertiary/aromatic N) is 1. The summed E-state index contributed by atoms with van der Waals surface area (Å²) < 4.78 is 0. The summed E-state index contributed by atoms with van der Waals surface area (Å²) in [7, 11) is 0. The van der Waals surface area contributed by atoms with Crippen LogP contribution in [-0.4, -0.2) is 22.3 Å². The summed E-state index contributed by atoms with van der Waals surface area (Å²) >= 11 is 1.67. The number of aryl methyl sites for hydroxylation is 3. The van der Waals surface area contributed by atoms with Crippen LogP contribution in [0.15, 0.2) is 59.9 Å². The fraction of sp³-hybridized carbons (Fsp3) is 0.238. The van der Waals surface area contributed by atoms with Gasteiger partial charge in [-0.05, 0) is 80.0 Å². The first-order valence-corrected chi connectivity index (χ1v) is 10.2. The molecular weight excluding hydrogens is 356 g/mol. The zero-order valence-electron chi connectivity index (χ0n) is 15.6. The van der Waals surface area contributed by atoms with Gasteiger partial charge in [-0.15, -0.1) is 11.8 Å². The number of carbonyl (C=O) groups is 1. The van der Waals surface area contributed by atoms with Crippen molar-refractivity contribution >= 4 is 29.2 Å². The SMILES string of the molecule is CSc1ccc(NC(=O)Nc2ccc(CCCc3cnc[nH]3)c(C)c2)cc1. The van der Waals surface area contributed by atoms with Crippen LogP contribution in [0.1, 0.15) is 23.2 Å². The number of rotatable bonds is 7. The lowest BCUT2D eigenvalue weighted by molar-refractivity contribution is 0.262. The van der Waals surface area contributed by atoms with Crippen LogP contribution in [0.5, 0.6) is 0 Å². The number of thioether (sulfide) groups is 1. The highest BCUT2D eigenvalue weighted by Crippen LogP contribution is 2.19. The molecule has 0 unspecified atom stereocenters. The van der Waals surface area contributed by atoms with Gasteiger partial charge in [0.15, 0.2) is 0 Å². The first-order valence-electron chi connectivity index (χ1n) is 8.93.